The molecule has 3 rings (SSSR count). The molecule has 0 radical (unpaired) electrons. The summed E-state index contributed by atoms with van der Waals surface area (Å²) in [6.45, 7) is 2.17. The maximum absolute atomic E-state index is 13.0. The van der Waals surface area contributed by atoms with E-state index in [-0.39, 0.29) is 17.6 Å². The highest BCUT2D eigenvalue weighted by molar-refractivity contribution is 7.15. The first-order valence-corrected chi connectivity index (χ1v) is 8.62. The van der Waals surface area contributed by atoms with Gasteiger partial charge in [-0.3, -0.25) is 9.59 Å². The second-order valence-electron chi connectivity index (χ2n) is 5.79. The van der Waals surface area contributed by atoms with Gasteiger partial charge in [0.1, 0.15) is 16.9 Å². The molecule has 1 fully saturated rings. The van der Waals surface area contributed by atoms with Gasteiger partial charge in [0.25, 0.3) is 0 Å². The van der Waals surface area contributed by atoms with Gasteiger partial charge in [-0.05, 0) is 37.5 Å². The summed E-state index contributed by atoms with van der Waals surface area (Å²) in [4.78, 5) is 30.6. The summed E-state index contributed by atoms with van der Waals surface area (Å²) in [7, 11) is 0. The van der Waals surface area contributed by atoms with E-state index in [0.29, 0.717) is 30.8 Å². The molecule has 1 unspecified atom stereocenters. The van der Waals surface area contributed by atoms with Gasteiger partial charge in [0.2, 0.25) is 11.8 Å². The van der Waals surface area contributed by atoms with Crippen molar-refractivity contribution in [3.8, 4) is 0 Å². The highest BCUT2D eigenvalue weighted by atomic mass is 32.1. The van der Waals surface area contributed by atoms with E-state index in [9.17, 15) is 14.0 Å². The third kappa shape index (κ3) is 3.79. The topological polar surface area (TPSA) is 62.3 Å². The van der Waals surface area contributed by atoms with Crippen molar-refractivity contribution in [1.82, 2.24) is 9.88 Å². The normalized spacial score (nSPS) is 17.8. The van der Waals surface area contributed by atoms with Crippen LogP contribution < -0.4 is 5.32 Å². The maximum atomic E-state index is 13.0. The number of nitrogens with one attached hydrogen (secondary N) is 1. The predicted molar refractivity (Wildman–Crippen MR) is 90.1 cm³/mol. The van der Waals surface area contributed by atoms with E-state index in [2.05, 4.69) is 10.3 Å². The van der Waals surface area contributed by atoms with Crippen molar-refractivity contribution in [3.63, 3.8) is 0 Å². The summed E-state index contributed by atoms with van der Waals surface area (Å²) in [5, 5.41) is 4.39. The van der Waals surface area contributed by atoms with Crippen LogP contribution in [0.2, 0.25) is 0 Å². The average Bonchev–Trinajstić information content (AvgIpc) is 2.96. The lowest BCUT2D eigenvalue weighted by atomic mass is 9.99. The molecule has 5 nitrogen and oxygen atoms in total. The molecule has 1 aromatic carbocycles. The molecule has 1 aromatic heterocycles. The number of halogens is 1. The van der Waals surface area contributed by atoms with Gasteiger partial charge in [-0.15, -0.1) is 11.3 Å². The van der Waals surface area contributed by atoms with Crippen LogP contribution >= 0.6 is 11.3 Å². The fourth-order valence-electron chi connectivity index (χ4n) is 2.80. The number of thiazole rings is 1. The Hall–Kier alpha value is -2.28. The molecule has 1 aliphatic heterocycles. The van der Waals surface area contributed by atoms with Gasteiger partial charge in [-0.1, -0.05) is 12.1 Å². The molecule has 1 atom stereocenters. The molecule has 2 amide bonds. The smallest absolute Gasteiger partial charge is 0.247 e. The number of amides is 2. The largest absolute Gasteiger partial charge is 0.326 e. The Labute approximate surface area is 143 Å². The number of benzene rings is 1. The molecule has 0 saturated carbocycles. The van der Waals surface area contributed by atoms with Gasteiger partial charge in [-0.25, -0.2) is 9.37 Å². The van der Waals surface area contributed by atoms with E-state index in [1.54, 1.807) is 23.2 Å². The van der Waals surface area contributed by atoms with Crippen molar-refractivity contribution >= 4 is 28.2 Å². The van der Waals surface area contributed by atoms with E-state index in [4.69, 9.17) is 0 Å². The Balaban J connectivity index is 1.74. The molecule has 2 heterocycles. The fraction of sp³-hybridized carbons (Fsp3) is 0.353. The lowest BCUT2D eigenvalue weighted by Crippen LogP contribution is -2.49. The first-order valence-electron chi connectivity index (χ1n) is 7.80. The van der Waals surface area contributed by atoms with Crippen molar-refractivity contribution in [2.45, 2.75) is 38.8 Å². The Morgan fingerprint density at radius 2 is 2.17 bits per heavy atom. The highest BCUT2D eigenvalue weighted by Gasteiger charge is 2.33. The number of rotatable bonds is 4. The summed E-state index contributed by atoms with van der Waals surface area (Å²) >= 11 is 1.40. The van der Waals surface area contributed by atoms with E-state index in [0.717, 1.165) is 10.6 Å². The number of carbonyl (C=O) groups excluding carboxylic acids is 2. The van der Waals surface area contributed by atoms with Crippen molar-refractivity contribution in [1.29, 1.82) is 0 Å². The first-order chi connectivity index (χ1) is 11.5. The number of nitrogens with zero attached hydrogens (tertiary/aromatic N) is 2. The van der Waals surface area contributed by atoms with Crippen molar-refractivity contribution in [3.05, 3.63) is 46.9 Å². The molecule has 2 aromatic rings. The zero-order valence-corrected chi connectivity index (χ0v) is 14.1. The third-order valence-corrected chi connectivity index (χ3v) is 4.83. The molecular formula is C17H18FN3O2S. The lowest BCUT2D eigenvalue weighted by molar-refractivity contribution is -0.142. The van der Waals surface area contributed by atoms with Crippen LogP contribution in [-0.4, -0.2) is 27.7 Å². The SMILES string of the molecule is Cc1ncc(NC(=O)C2CCCC(=O)N2Cc2ccc(F)cc2)s1. The zero-order valence-electron chi connectivity index (χ0n) is 13.3. The van der Waals surface area contributed by atoms with Crippen LogP contribution in [0.3, 0.4) is 0 Å². The number of hydrogen-bond acceptors (Lipinski definition) is 4. The summed E-state index contributed by atoms with van der Waals surface area (Å²) < 4.78 is 13.0. The molecule has 1 N–H and O–H groups in total. The highest BCUT2D eigenvalue weighted by Crippen LogP contribution is 2.24. The van der Waals surface area contributed by atoms with Crippen molar-refractivity contribution < 1.29 is 14.0 Å². The van der Waals surface area contributed by atoms with Crippen LogP contribution in [0.25, 0.3) is 0 Å². The van der Waals surface area contributed by atoms with Crippen LogP contribution in [0.1, 0.15) is 29.8 Å². The van der Waals surface area contributed by atoms with Crippen LogP contribution in [0, 0.1) is 12.7 Å². The van der Waals surface area contributed by atoms with Crippen molar-refractivity contribution in [2.75, 3.05) is 5.32 Å². The van der Waals surface area contributed by atoms with Gasteiger partial charge in [0, 0.05) is 13.0 Å². The number of likely N-dealkylation sites (tertiary alicyclic amines) is 1. The van der Waals surface area contributed by atoms with Gasteiger partial charge in [0.05, 0.1) is 11.2 Å². The van der Waals surface area contributed by atoms with E-state index in [1.807, 2.05) is 6.92 Å². The third-order valence-electron chi connectivity index (χ3n) is 4.00. The zero-order chi connectivity index (χ0) is 17.1. The molecule has 126 valence electrons. The molecule has 1 saturated heterocycles. The molecule has 7 heteroatoms. The first kappa shape index (κ1) is 16.6. The Bertz CT molecular complexity index is 745. The van der Waals surface area contributed by atoms with E-state index >= 15 is 0 Å². The molecule has 1 aliphatic rings. The average molecular weight is 347 g/mol. The minimum Gasteiger partial charge on any atom is -0.326 e. The number of aromatic nitrogens is 1. The van der Waals surface area contributed by atoms with E-state index < -0.39 is 6.04 Å². The number of piperidine rings is 1. The van der Waals surface area contributed by atoms with Crippen LogP contribution in [-0.2, 0) is 16.1 Å². The Kier molecular flexibility index (Phi) is 4.89. The van der Waals surface area contributed by atoms with Gasteiger partial charge < -0.3 is 10.2 Å². The summed E-state index contributed by atoms with van der Waals surface area (Å²) in [5.41, 5.74) is 0.804. The number of hydrogen-bond donors (Lipinski definition) is 1. The standard InChI is InChI=1S/C17H18FN3O2S/c1-11-19-9-15(24-11)20-17(23)14-3-2-4-16(22)21(14)10-12-5-7-13(18)8-6-12/h5-9,14H,2-4,10H2,1H3,(H,20,23). The van der Waals surface area contributed by atoms with Crippen LogP contribution in [0.4, 0.5) is 9.39 Å². The van der Waals surface area contributed by atoms with Crippen LogP contribution in [0.5, 0.6) is 0 Å². The number of anilines is 1. The molecule has 0 bridgehead atoms. The number of carbonyl (C=O) groups is 2. The minimum absolute atomic E-state index is 0.0498. The summed E-state index contributed by atoms with van der Waals surface area (Å²) in [6.07, 6.45) is 3.37. The lowest BCUT2D eigenvalue weighted by Gasteiger charge is -2.34. The van der Waals surface area contributed by atoms with E-state index in [1.165, 1.54) is 23.5 Å². The summed E-state index contributed by atoms with van der Waals surface area (Å²) in [5.74, 6) is -0.571. The summed E-state index contributed by atoms with van der Waals surface area (Å²) in [6, 6.07) is 5.48. The Morgan fingerprint density at radius 3 is 2.83 bits per heavy atom. The number of aryl methyl sites for hydroxylation is 1. The fourth-order valence-corrected chi connectivity index (χ4v) is 3.48. The van der Waals surface area contributed by atoms with Crippen LogP contribution in [0.15, 0.2) is 30.5 Å². The minimum atomic E-state index is -0.515. The molecule has 0 aliphatic carbocycles. The van der Waals surface area contributed by atoms with Gasteiger partial charge in [-0.2, -0.15) is 0 Å². The molecule has 0 spiro atoms. The van der Waals surface area contributed by atoms with Gasteiger partial charge in [0.15, 0.2) is 0 Å². The van der Waals surface area contributed by atoms with Gasteiger partial charge >= 0.3 is 0 Å². The molecular weight excluding hydrogens is 329 g/mol. The predicted octanol–water partition coefficient (Wildman–Crippen LogP) is 3.11. The van der Waals surface area contributed by atoms with Crippen molar-refractivity contribution in [2.24, 2.45) is 0 Å². The second-order valence-corrected chi connectivity index (χ2v) is 7.02. The molecule has 24 heavy (non-hydrogen) atoms. The quantitative estimate of drug-likeness (QED) is 0.924. The monoisotopic (exact) mass is 347 g/mol. The Morgan fingerprint density at radius 1 is 1.42 bits per heavy atom. The second kappa shape index (κ2) is 7.09. The maximum Gasteiger partial charge on any atom is 0.247 e.